The molecule has 0 spiro atoms. The molecule has 0 saturated heterocycles. The fourth-order valence-corrected chi connectivity index (χ4v) is 8.95. The fourth-order valence-electron chi connectivity index (χ4n) is 4.01. The van der Waals surface area contributed by atoms with Crippen molar-refractivity contribution in [1.29, 1.82) is 5.41 Å². The number of anilines is 1. The number of nitrogens with one attached hydrogen (secondary N) is 3. The number of amides is 2. The van der Waals surface area contributed by atoms with Gasteiger partial charge in [0.1, 0.15) is 11.4 Å². The van der Waals surface area contributed by atoms with Crippen LogP contribution in [0.1, 0.15) is 31.2 Å². The summed E-state index contributed by atoms with van der Waals surface area (Å²) in [5.74, 6) is -0.271. The predicted octanol–water partition coefficient (Wildman–Crippen LogP) is 8.01. The van der Waals surface area contributed by atoms with Gasteiger partial charge in [0.15, 0.2) is 0 Å². The number of sulfone groups is 1. The summed E-state index contributed by atoms with van der Waals surface area (Å²) >= 11 is 2.31. The van der Waals surface area contributed by atoms with Gasteiger partial charge in [-0.15, -0.1) is 23.1 Å². The number of carbonyl (C=O) groups is 2. The van der Waals surface area contributed by atoms with Crippen LogP contribution in [-0.2, 0) is 19.3 Å². The molecule has 2 aromatic carbocycles. The lowest BCUT2D eigenvalue weighted by Gasteiger charge is -2.19. The molecule has 3 rings (SSSR count). The standard InChI is InChI=1S/C30H39N3O6S3Si/c1-19-16-21(32-28(34)38-14-15-43(6,7)8)17-23(25(19)20-12-10-9-11-13-20)42(36,37)24-18-22(41-27(24)40-5)26(31)33-29(35)39-30(2,3)4/h9-13,16-18H,14-15H2,1-8H3,(H,32,34)(H2,31,33,35). The molecule has 0 bridgehead atoms. The minimum Gasteiger partial charge on any atom is -0.450 e. The number of benzene rings is 2. The lowest BCUT2D eigenvalue weighted by Crippen LogP contribution is -2.36. The Morgan fingerprint density at radius 2 is 1.67 bits per heavy atom. The van der Waals surface area contributed by atoms with Crippen LogP contribution >= 0.6 is 23.1 Å². The van der Waals surface area contributed by atoms with Crippen LogP contribution in [0, 0.1) is 12.3 Å². The Labute approximate surface area is 263 Å². The van der Waals surface area contributed by atoms with E-state index in [4.69, 9.17) is 14.9 Å². The zero-order valence-corrected chi connectivity index (χ0v) is 29.2. The molecule has 1 aromatic heterocycles. The topological polar surface area (TPSA) is 135 Å². The number of aryl methyl sites for hydroxylation is 1. The summed E-state index contributed by atoms with van der Waals surface area (Å²) < 4.78 is 39.9. The van der Waals surface area contributed by atoms with Gasteiger partial charge in [-0.25, -0.2) is 18.0 Å². The molecule has 2 amide bonds. The molecule has 0 saturated carbocycles. The van der Waals surface area contributed by atoms with E-state index in [1.807, 2.05) is 30.3 Å². The summed E-state index contributed by atoms with van der Waals surface area (Å²) in [6.07, 6.45) is 0.286. The van der Waals surface area contributed by atoms with E-state index in [1.54, 1.807) is 40.0 Å². The number of hydrogen-bond acceptors (Lipinski definition) is 9. The molecule has 0 radical (unpaired) electrons. The molecule has 9 nitrogen and oxygen atoms in total. The second kappa shape index (κ2) is 13.7. The van der Waals surface area contributed by atoms with Crippen molar-refractivity contribution < 1.29 is 27.5 Å². The molecule has 232 valence electrons. The second-order valence-corrected chi connectivity index (χ2v) is 21.7. The summed E-state index contributed by atoms with van der Waals surface area (Å²) in [6, 6.07) is 14.5. The van der Waals surface area contributed by atoms with E-state index in [1.165, 1.54) is 23.9 Å². The molecular formula is C30H39N3O6S3Si. The summed E-state index contributed by atoms with van der Waals surface area (Å²) in [6.45, 7) is 13.8. The van der Waals surface area contributed by atoms with E-state index in [0.717, 1.165) is 17.4 Å². The second-order valence-electron chi connectivity index (χ2n) is 12.1. The molecule has 0 aliphatic carbocycles. The van der Waals surface area contributed by atoms with Gasteiger partial charge >= 0.3 is 12.2 Å². The van der Waals surface area contributed by atoms with E-state index in [2.05, 4.69) is 30.3 Å². The van der Waals surface area contributed by atoms with Crippen LogP contribution in [0.3, 0.4) is 0 Å². The first-order chi connectivity index (χ1) is 19.9. The van der Waals surface area contributed by atoms with Crippen LogP contribution in [0.25, 0.3) is 11.1 Å². The zero-order valence-electron chi connectivity index (χ0n) is 25.7. The van der Waals surface area contributed by atoms with Crippen molar-refractivity contribution in [2.45, 2.75) is 73.0 Å². The molecule has 43 heavy (non-hydrogen) atoms. The highest BCUT2D eigenvalue weighted by Crippen LogP contribution is 2.42. The maximum Gasteiger partial charge on any atom is 0.413 e. The van der Waals surface area contributed by atoms with Crippen molar-refractivity contribution >= 4 is 64.7 Å². The predicted molar refractivity (Wildman–Crippen MR) is 177 cm³/mol. The van der Waals surface area contributed by atoms with Crippen LogP contribution in [0.4, 0.5) is 15.3 Å². The van der Waals surface area contributed by atoms with Gasteiger partial charge in [0.2, 0.25) is 9.84 Å². The number of alkyl carbamates (subject to hydrolysis) is 1. The number of thiophene rings is 1. The third kappa shape index (κ3) is 9.42. The van der Waals surface area contributed by atoms with E-state index in [-0.39, 0.29) is 32.8 Å². The number of rotatable bonds is 9. The van der Waals surface area contributed by atoms with Gasteiger partial charge in [-0.1, -0.05) is 50.0 Å². The Bertz CT molecular complexity index is 1610. The van der Waals surface area contributed by atoms with Crippen molar-refractivity contribution in [1.82, 2.24) is 5.32 Å². The van der Waals surface area contributed by atoms with Crippen molar-refractivity contribution in [2.24, 2.45) is 0 Å². The molecule has 0 aliphatic rings. The number of hydrogen-bond donors (Lipinski definition) is 3. The molecule has 0 fully saturated rings. The highest BCUT2D eigenvalue weighted by atomic mass is 32.2. The Kier molecular flexibility index (Phi) is 10.9. The Hall–Kier alpha value is -3.13. The van der Waals surface area contributed by atoms with Crippen molar-refractivity contribution in [3.8, 4) is 11.1 Å². The van der Waals surface area contributed by atoms with Gasteiger partial charge in [-0.05, 0) is 69.3 Å². The SMILES string of the molecule is CSc1sc(C(=N)NC(=O)OC(C)(C)C)cc1S(=O)(=O)c1cc(NC(=O)OCC[Si](C)(C)C)cc(C)c1-c1ccccc1. The molecule has 0 aliphatic heterocycles. The van der Waals surface area contributed by atoms with Gasteiger partial charge in [0.25, 0.3) is 0 Å². The minimum atomic E-state index is -4.19. The highest BCUT2D eigenvalue weighted by molar-refractivity contribution is 8.01. The van der Waals surface area contributed by atoms with Crippen LogP contribution in [0.5, 0.6) is 0 Å². The van der Waals surface area contributed by atoms with Crippen LogP contribution in [0.2, 0.25) is 25.7 Å². The van der Waals surface area contributed by atoms with Gasteiger partial charge in [0.05, 0.1) is 25.5 Å². The Balaban J connectivity index is 2.06. The number of carbonyl (C=O) groups excluding carboxylic acids is 2. The average molecular weight is 662 g/mol. The third-order valence-electron chi connectivity index (χ3n) is 6.00. The van der Waals surface area contributed by atoms with Gasteiger partial charge in [0, 0.05) is 19.3 Å². The van der Waals surface area contributed by atoms with Crippen LogP contribution in [-0.4, -0.2) is 53.0 Å². The zero-order chi connectivity index (χ0) is 32.2. The molecule has 0 unspecified atom stereocenters. The monoisotopic (exact) mass is 661 g/mol. The lowest BCUT2D eigenvalue weighted by atomic mass is 10.00. The van der Waals surface area contributed by atoms with Gasteiger partial charge < -0.3 is 9.47 Å². The Morgan fingerprint density at radius 3 is 2.26 bits per heavy atom. The maximum absolute atomic E-state index is 14.4. The van der Waals surface area contributed by atoms with E-state index in [9.17, 15) is 18.0 Å². The molecule has 0 atom stereocenters. The molecule has 3 aromatic rings. The minimum absolute atomic E-state index is 0.00202. The number of amidine groups is 1. The molecule has 13 heteroatoms. The van der Waals surface area contributed by atoms with Crippen LogP contribution < -0.4 is 10.6 Å². The normalized spacial score (nSPS) is 12.0. The van der Waals surface area contributed by atoms with Crippen molar-refractivity contribution in [3.05, 3.63) is 59.0 Å². The first-order valence-corrected chi connectivity index (χ1v) is 20.8. The Morgan fingerprint density at radius 1 is 1.02 bits per heavy atom. The van der Waals surface area contributed by atoms with Gasteiger partial charge in [-0.3, -0.25) is 16.0 Å². The van der Waals surface area contributed by atoms with Crippen molar-refractivity contribution in [3.63, 3.8) is 0 Å². The highest BCUT2D eigenvalue weighted by Gasteiger charge is 2.30. The summed E-state index contributed by atoms with van der Waals surface area (Å²) in [5.41, 5.74) is 1.37. The largest absolute Gasteiger partial charge is 0.450 e. The van der Waals surface area contributed by atoms with Crippen molar-refractivity contribution in [2.75, 3.05) is 18.2 Å². The van der Waals surface area contributed by atoms with Gasteiger partial charge in [-0.2, -0.15) is 0 Å². The molecule has 1 heterocycles. The fraction of sp³-hybridized carbons (Fsp3) is 0.367. The van der Waals surface area contributed by atoms with E-state index in [0.29, 0.717) is 20.9 Å². The number of ether oxygens (including phenoxy) is 2. The molecule has 3 N–H and O–H groups in total. The smallest absolute Gasteiger partial charge is 0.413 e. The summed E-state index contributed by atoms with van der Waals surface area (Å²) in [7, 11) is -5.59. The van der Waals surface area contributed by atoms with E-state index >= 15 is 0 Å². The van der Waals surface area contributed by atoms with Crippen LogP contribution in [0.15, 0.2) is 62.5 Å². The quantitative estimate of drug-likeness (QED) is 0.0915. The molecular weight excluding hydrogens is 623 g/mol. The maximum atomic E-state index is 14.4. The average Bonchev–Trinajstić information content (AvgIpc) is 3.33. The summed E-state index contributed by atoms with van der Waals surface area (Å²) in [4.78, 5) is 25.1. The first-order valence-electron chi connectivity index (χ1n) is 13.6. The third-order valence-corrected chi connectivity index (χ3v) is 12.0. The number of thioether (sulfide) groups is 1. The van der Waals surface area contributed by atoms with E-state index < -0.39 is 35.7 Å². The summed E-state index contributed by atoms with van der Waals surface area (Å²) in [5, 5.41) is 13.5. The first kappa shape index (κ1) is 34.4. The lowest BCUT2D eigenvalue weighted by molar-refractivity contribution is 0.0563.